The molecule has 0 N–H and O–H groups in total. The van der Waals surface area contributed by atoms with E-state index in [-0.39, 0.29) is 0 Å². The van der Waals surface area contributed by atoms with Crippen LogP contribution in [0.1, 0.15) is 25.3 Å². The van der Waals surface area contributed by atoms with E-state index >= 15 is 0 Å². The molecular formula is C13H21BN2. The molecule has 0 atom stereocenters. The third-order valence-corrected chi connectivity index (χ3v) is 3.53. The molecule has 1 aliphatic heterocycles. The van der Waals surface area contributed by atoms with Crippen molar-refractivity contribution in [1.29, 1.82) is 0 Å². The van der Waals surface area contributed by atoms with Gasteiger partial charge in [0.1, 0.15) is 0 Å². The minimum atomic E-state index is 0.914. The number of likely N-dealkylation sites (tertiary alicyclic amines) is 1. The summed E-state index contributed by atoms with van der Waals surface area (Å²) < 4.78 is 0. The first-order valence-corrected chi connectivity index (χ1v) is 6.44. The summed E-state index contributed by atoms with van der Waals surface area (Å²) in [6.45, 7) is 8.07. The Hall–Kier alpha value is -0.825. The molecule has 0 amide bonds. The molecule has 0 aliphatic carbocycles. The Labute approximate surface area is 99.3 Å². The average molecular weight is 216 g/mol. The standard InChI is InChI=1S/C13H21BN2/c1-11-5-7-16(8-6-11)10-12-3-4-13(14-2)15-9-12/h3-4,9,11,14H,5-8,10H2,1-2H3. The van der Waals surface area contributed by atoms with Crippen LogP contribution in [0.4, 0.5) is 0 Å². The summed E-state index contributed by atoms with van der Waals surface area (Å²) in [5.74, 6) is 0.914. The Morgan fingerprint density at radius 2 is 2.12 bits per heavy atom. The van der Waals surface area contributed by atoms with Crippen molar-refractivity contribution in [3.05, 3.63) is 23.9 Å². The molecule has 2 rings (SSSR count). The molecule has 1 fully saturated rings. The lowest BCUT2D eigenvalue weighted by Crippen LogP contribution is -2.32. The van der Waals surface area contributed by atoms with Gasteiger partial charge in [-0.15, -0.1) is 0 Å². The number of hydrogen-bond acceptors (Lipinski definition) is 2. The Morgan fingerprint density at radius 3 is 2.69 bits per heavy atom. The van der Waals surface area contributed by atoms with Crippen molar-refractivity contribution >= 4 is 12.9 Å². The lowest BCUT2D eigenvalue weighted by atomic mass is 9.77. The van der Waals surface area contributed by atoms with Gasteiger partial charge >= 0.3 is 0 Å². The van der Waals surface area contributed by atoms with Crippen molar-refractivity contribution < 1.29 is 0 Å². The second-order valence-electron chi connectivity index (χ2n) is 4.97. The van der Waals surface area contributed by atoms with Gasteiger partial charge in [-0.2, -0.15) is 0 Å². The molecule has 1 aromatic rings. The molecule has 2 nitrogen and oxygen atoms in total. The summed E-state index contributed by atoms with van der Waals surface area (Å²) in [6.07, 6.45) is 4.73. The van der Waals surface area contributed by atoms with Gasteiger partial charge in [-0.05, 0) is 43.0 Å². The maximum atomic E-state index is 4.45. The molecule has 2 heterocycles. The quantitative estimate of drug-likeness (QED) is 0.710. The van der Waals surface area contributed by atoms with Crippen LogP contribution in [0.5, 0.6) is 0 Å². The highest BCUT2D eigenvalue weighted by Crippen LogP contribution is 2.17. The Morgan fingerprint density at radius 1 is 1.38 bits per heavy atom. The van der Waals surface area contributed by atoms with Gasteiger partial charge in [0.2, 0.25) is 0 Å². The van der Waals surface area contributed by atoms with Crippen molar-refractivity contribution in [2.75, 3.05) is 13.1 Å². The number of rotatable bonds is 3. The topological polar surface area (TPSA) is 16.1 Å². The molecule has 0 aromatic carbocycles. The second-order valence-corrected chi connectivity index (χ2v) is 4.97. The SMILES string of the molecule is CBc1ccc(CN2CCC(C)CC2)cn1. The number of piperidine rings is 1. The molecule has 0 spiro atoms. The van der Waals surface area contributed by atoms with Crippen LogP contribution >= 0.6 is 0 Å². The highest BCUT2D eigenvalue weighted by Gasteiger charge is 2.15. The van der Waals surface area contributed by atoms with E-state index in [0.29, 0.717) is 0 Å². The molecule has 1 saturated heterocycles. The van der Waals surface area contributed by atoms with E-state index in [0.717, 1.165) is 19.7 Å². The molecule has 1 aromatic heterocycles. The lowest BCUT2D eigenvalue weighted by molar-refractivity contribution is 0.185. The van der Waals surface area contributed by atoms with Crippen molar-refractivity contribution in [3.8, 4) is 0 Å². The first-order valence-electron chi connectivity index (χ1n) is 6.44. The molecule has 0 saturated carbocycles. The number of pyridine rings is 1. The van der Waals surface area contributed by atoms with Crippen LogP contribution in [0.3, 0.4) is 0 Å². The van der Waals surface area contributed by atoms with Gasteiger partial charge in [0, 0.05) is 12.7 Å². The predicted molar refractivity (Wildman–Crippen MR) is 70.6 cm³/mol. The van der Waals surface area contributed by atoms with E-state index in [1.54, 1.807) is 0 Å². The lowest BCUT2D eigenvalue weighted by Gasteiger charge is -2.30. The highest BCUT2D eigenvalue weighted by molar-refractivity contribution is 6.50. The second kappa shape index (κ2) is 5.49. The smallest absolute Gasteiger partial charge is 0.179 e. The first-order chi connectivity index (χ1) is 7.78. The fourth-order valence-electron chi connectivity index (χ4n) is 2.24. The summed E-state index contributed by atoms with van der Waals surface area (Å²) in [6, 6.07) is 4.38. The summed E-state index contributed by atoms with van der Waals surface area (Å²) in [5.41, 5.74) is 2.54. The van der Waals surface area contributed by atoms with Crippen LogP contribution in [-0.2, 0) is 6.54 Å². The Bertz CT molecular complexity index is 315. The predicted octanol–water partition coefficient (Wildman–Crippen LogP) is 1.42. The van der Waals surface area contributed by atoms with Crippen LogP contribution in [-0.4, -0.2) is 30.3 Å². The zero-order valence-electron chi connectivity index (χ0n) is 10.4. The van der Waals surface area contributed by atoms with E-state index in [1.165, 1.54) is 37.1 Å². The molecule has 3 heteroatoms. The number of aromatic nitrogens is 1. The van der Waals surface area contributed by atoms with Crippen molar-refractivity contribution in [2.24, 2.45) is 5.92 Å². The van der Waals surface area contributed by atoms with Crippen molar-refractivity contribution in [3.63, 3.8) is 0 Å². The number of nitrogens with zero attached hydrogens (tertiary/aromatic N) is 2. The maximum absolute atomic E-state index is 4.45. The van der Waals surface area contributed by atoms with E-state index in [1.807, 2.05) is 6.20 Å². The molecule has 0 radical (unpaired) electrons. The zero-order chi connectivity index (χ0) is 11.4. The van der Waals surface area contributed by atoms with E-state index < -0.39 is 0 Å². The van der Waals surface area contributed by atoms with Crippen LogP contribution < -0.4 is 5.59 Å². The normalized spacial score (nSPS) is 18.6. The summed E-state index contributed by atoms with van der Waals surface area (Å²) in [5, 5.41) is 0. The van der Waals surface area contributed by atoms with Crippen molar-refractivity contribution in [2.45, 2.75) is 33.1 Å². The van der Waals surface area contributed by atoms with Crippen LogP contribution in [0.15, 0.2) is 18.3 Å². The van der Waals surface area contributed by atoms with Gasteiger partial charge in [0.25, 0.3) is 0 Å². The minimum absolute atomic E-state index is 0.914. The zero-order valence-corrected chi connectivity index (χ0v) is 10.4. The molecule has 0 bridgehead atoms. The van der Waals surface area contributed by atoms with Crippen molar-refractivity contribution in [1.82, 2.24) is 9.88 Å². The fourth-order valence-corrected chi connectivity index (χ4v) is 2.24. The van der Waals surface area contributed by atoms with E-state index in [2.05, 4.69) is 35.8 Å². The highest BCUT2D eigenvalue weighted by atomic mass is 15.1. The number of hydrogen-bond donors (Lipinski definition) is 0. The fraction of sp³-hybridized carbons (Fsp3) is 0.615. The summed E-state index contributed by atoms with van der Waals surface area (Å²) in [4.78, 5) is 7.00. The maximum Gasteiger partial charge on any atom is 0.179 e. The molecule has 1 aliphatic rings. The molecule has 0 unspecified atom stereocenters. The van der Waals surface area contributed by atoms with E-state index in [9.17, 15) is 0 Å². The van der Waals surface area contributed by atoms with Crippen LogP contribution in [0.2, 0.25) is 6.82 Å². The van der Waals surface area contributed by atoms with Gasteiger partial charge < -0.3 is 0 Å². The third kappa shape index (κ3) is 3.08. The van der Waals surface area contributed by atoms with Gasteiger partial charge in [0.05, 0.1) is 0 Å². The van der Waals surface area contributed by atoms with Gasteiger partial charge in [-0.25, -0.2) is 0 Å². The summed E-state index contributed by atoms with van der Waals surface area (Å²) in [7, 11) is 1.03. The van der Waals surface area contributed by atoms with Gasteiger partial charge in [-0.1, -0.05) is 25.9 Å². The molecule has 86 valence electrons. The first kappa shape index (κ1) is 11.7. The molecular weight excluding hydrogens is 195 g/mol. The average Bonchev–Trinajstić information content (AvgIpc) is 2.33. The minimum Gasteiger partial charge on any atom is -0.299 e. The van der Waals surface area contributed by atoms with Crippen LogP contribution in [0, 0.1) is 5.92 Å². The van der Waals surface area contributed by atoms with Gasteiger partial charge in [-0.3, -0.25) is 9.88 Å². The van der Waals surface area contributed by atoms with Crippen LogP contribution in [0.25, 0.3) is 0 Å². The third-order valence-electron chi connectivity index (χ3n) is 3.53. The molecule has 16 heavy (non-hydrogen) atoms. The van der Waals surface area contributed by atoms with Gasteiger partial charge in [0.15, 0.2) is 7.28 Å². The Balaban J connectivity index is 1.88. The van der Waals surface area contributed by atoms with E-state index in [4.69, 9.17) is 0 Å². The largest absolute Gasteiger partial charge is 0.299 e. The Kier molecular flexibility index (Phi) is 4.00. The monoisotopic (exact) mass is 216 g/mol. The summed E-state index contributed by atoms with van der Waals surface area (Å²) >= 11 is 0.